The first-order valence-electron chi connectivity index (χ1n) is 9.11. The van der Waals surface area contributed by atoms with Crippen LogP contribution in [0.4, 0.5) is 5.00 Å². The van der Waals surface area contributed by atoms with Gasteiger partial charge in [-0.05, 0) is 42.7 Å². The number of hydrogen-bond donors (Lipinski definition) is 1. The minimum absolute atomic E-state index is 0.228. The second-order valence-corrected chi connectivity index (χ2v) is 7.97. The molecule has 1 amide bonds. The minimum Gasteiger partial charge on any atom is -0.456 e. The van der Waals surface area contributed by atoms with Gasteiger partial charge in [0.25, 0.3) is 5.91 Å². The van der Waals surface area contributed by atoms with Crippen LogP contribution in [0.3, 0.4) is 0 Å². The smallest absolute Gasteiger partial charge is 0.306 e. The van der Waals surface area contributed by atoms with E-state index < -0.39 is 11.9 Å². The fraction of sp³-hybridized carbons (Fsp3) is 0.381. The van der Waals surface area contributed by atoms with Crippen molar-refractivity contribution in [2.45, 2.75) is 39.0 Å². The zero-order chi connectivity index (χ0) is 19.2. The lowest BCUT2D eigenvalue weighted by molar-refractivity contribution is -0.147. The monoisotopic (exact) mass is 382 g/mol. The van der Waals surface area contributed by atoms with E-state index in [-0.39, 0.29) is 13.0 Å². The minimum atomic E-state index is -0.411. The lowest BCUT2D eigenvalue weighted by Crippen LogP contribution is -2.21. The maximum atomic E-state index is 12.1. The Labute approximate surface area is 163 Å². The van der Waals surface area contributed by atoms with Gasteiger partial charge < -0.3 is 10.1 Å². The van der Waals surface area contributed by atoms with Crippen LogP contribution in [0.25, 0.3) is 0 Å². The molecule has 6 heteroatoms. The predicted octanol–water partition coefficient (Wildman–Crippen LogP) is 3.86. The van der Waals surface area contributed by atoms with Crippen molar-refractivity contribution in [3.05, 3.63) is 51.9 Å². The molecule has 5 nitrogen and oxygen atoms in total. The number of aryl methyl sites for hydroxylation is 1. The Hall–Kier alpha value is -2.65. The number of hydrogen-bond acceptors (Lipinski definition) is 5. The summed E-state index contributed by atoms with van der Waals surface area (Å²) in [5, 5.41) is 12.8. The Morgan fingerprint density at radius 3 is 2.85 bits per heavy atom. The van der Waals surface area contributed by atoms with Crippen molar-refractivity contribution in [3.8, 4) is 6.07 Å². The quantitative estimate of drug-likeness (QED) is 0.770. The van der Waals surface area contributed by atoms with E-state index in [4.69, 9.17) is 4.74 Å². The van der Waals surface area contributed by atoms with Crippen molar-refractivity contribution in [3.63, 3.8) is 0 Å². The van der Waals surface area contributed by atoms with E-state index in [9.17, 15) is 14.9 Å². The number of ether oxygens (including phenoxy) is 1. The van der Waals surface area contributed by atoms with Gasteiger partial charge >= 0.3 is 5.97 Å². The topological polar surface area (TPSA) is 79.2 Å². The van der Waals surface area contributed by atoms with Crippen LogP contribution in [0.1, 0.15) is 41.3 Å². The summed E-state index contributed by atoms with van der Waals surface area (Å²) in [6.07, 6.45) is 3.69. The number of anilines is 1. The average molecular weight is 382 g/mol. The van der Waals surface area contributed by atoms with E-state index in [0.29, 0.717) is 22.9 Å². The number of nitrogens with zero attached hydrogens (tertiary/aromatic N) is 1. The summed E-state index contributed by atoms with van der Waals surface area (Å²) in [7, 11) is 0. The first-order chi connectivity index (χ1) is 13.1. The zero-order valence-corrected chi connectivity index (χ0v) is 16.1. The molecule has 0 saturated heterocycles. The molecule has 1 N–H and O–H groups in total. The number of thiophene rings is 1. The number of amides is 1. The van der Waals surface area contributed by atoms with Crippen molar-refractivity contribution < 1.29 is 14.3 Å². The van der Waals surface area contributed by atoms with E-state index in [1.165, 1.54) is 16.2 Å². The Morgan fingerprint density at radius 1 is 1.33 bits per heavy atom. The van der Waals surface area contributed by atoms with Crippen LogP contribution in [0, 0.1) is 17.2 Å². The van der Waals surface area contributed by atoms with Crippen molar-refractivity contribution in [2.75, 3.05) is 11.9 Å². The Morgan fingerprint density at radius 2 is 2.11 bits per heavy atom. The van der Waals surface area contributed by atoms with Crippen LogP contribution in [-0.2, 0) is 33.6 Å². The van der Waals surface area contributed by atoms with Gasteiger partial charge in [0.1, 0.15) is 11.1 Å². The highest BCUT2D eigenvalue weighted by molar-refractivity contribution is 7.16. The van der Waals surface area contributed by atoms with Gasteiger partial charge in [-0.3, -0.25) is 9.59 Å². The molecule has 0 spiro atoms. The van der Waals surface area contributed by atoms with Crippen LogP contribution in [0.2, 0.25) is 0 Å². The van der Waals surface area contributed by atoms with Crippen molar-refractivity contribution >= 4 is 28.2 Å². The molecule has 0 fully saturated rings. The van der Waals surface area contributed by atoms with Crippen LogP contribution in [0.15, 0.2) is 30.3 Å². The van der Waals surface area contributed by atoms with Gasteiger partial charge in [0.2, 0.25) is 0 Å². The fourth-order valence-electron chi connectivity index (χ4n) is 3.23. The number of benzene rings is 1. The molecular weight excluding hydrogens is 360 g/mol. The maximum absolute atomic E-state index is 12.1. The van der Waals surface area contributed by atoms with Crippen LogP contribution >= 0.6 is 11.3 Å². The highest BCUT2D eigenvalue weighted by atomic mass is 32.1. The molecule has 3 rings (SSSR count). The number of rotatable bonds is 6. The summed E-state index contributed by atoms with van der Waals surface area (Å²) < 4.78 is 5.06. The van der Waals surface area contributed by atoms with Gasteiger partial charge in [-0.1, -0.05) is 37.3 Å². The Bertz CT molecular complexity index is 868. The highest BCUT2D eigenvalue weighted by Gasteiger charge is 2.24. The van der Waals surface area contributed by atoms with E-state index in [2.05, 4.69) is 18.3 Å². The zero-order valence-electron chi connectivity index (χ0n) is 15.3. The number of carbonyl (C=O) groups excluding carboxylic acids is 2. The normalized spacial score (nSPS) is 15.5. The molecule has 0 aliphatic heterocycles. The second-order valence-electron chi connectivity index (χ2n) is 6.86. The third-order valence-corrected chi connectivity index (χ3v) is 5.87. The van der Waals surface area contributed by atoms with Gasteiger partial charge in [0, 0.05) is 11.3 Å². The maximum Gasteiger partial charge on any atom is 0.306 e. The summed E-state index contributed by atoms with van der Waals surface area (Å²) in [6.45, 7) is 1.86. The molecule has 0 bridgehead atoms. The molecule has 1 heterocycles. The Kier molecular flexibility index (Phi) is 6.25. The molecule has 27 heavy (non-hydrogen) atoms. The molecule has 1 atom stereocenters. The lowest BCUT2D eigenvalue weighted by Gasteiger charge is -2.17. The van der Waals surface area contributed by atoms with Gasteiger partial charge in [0.05, 0.1) is 5.56 Å². The van der Waals surface area contributed by atoms with Gasteiger partial charge in [-0.2, -0.15) is 5.26 Å². The first kappa shape index (κ1) is 19.1. The first-order valence-corrected chi connectivity index (χ1v) is 9.92. The van der Waals surface area contributed by atoms with Crippen molar-refractivity contribution in [1.82, 2.24) is 0 Å². The van der Waals surface area contributed by atoms with Gasteiger partial charge in [-0.25, -0.2) is 0 Å². The molecule has 1 aromatic heterocycles. The number of esters is 1. The molecule has 1 aliphatic rings. The summed E-state index contributed by atoms with van der Waals surface area (Å²) >= 11 is 1.47. The molecule has 0 saturated carbocycles. The molecule has 2 aromatic rings. The van der Waals surface area contributed by atoms with Gasteiger partial charge in [-0.15, -0.1) is 11.3 Å². The SMILES string of the molecule is C[C@H]1CCc2c(sc(NC(=O)COC(=O)CCc3ccccc3)c2C#N)C1. The summed E-state index contributed by atoms with van der Waals surface area (Å²) in [6, 6.07) is 11.9. The van der Waals surface area contributed by atoms with E-state index in [1.807, 2.05) is 30.3 Å². The van der Waals surface area contributed by atoms with E-state index >= 15 is 0 Å². The number of fused-ring (bicyclic) bond motifs is 1. The molecule has 140 valence electrons. The van der Waals surface area contributed by atoms with Crippen molar-refractivity contribution in [1.29, 1.82) is 5.26 Å². The van der Waals surface area contributed by atoms with Gasteiger partial charge in [0.15, 0.2) is 6.61 Å². The van der Waals surface area contributed by atoms with Crippen LogP contribution < -0.4 is 5.32 Å². The number of nitrogens with one attached hydrogen (secondary N) is 1. The molecule has 1 aromatic carbocycles. The summed E-state index contributed by atoms with van der Waals surface area (Å²) in [5.74, 6) is -0.225. The van der Waals surface area contributed by atoms with E-state index in [0.717, 1.165) is 30.4 Å². The van der Waals surface area contributed by atoms with E-state index in [1.54, 1.807) is 0 Å². The van der Waals surface area contributed by atoms with Crippen molar-refractivity contribution in [2.24, 2.45) is 5.92 Å². The predicted molar refractivity (Wildman–Crippen MR) is 105 cm³/mol. The standard InChI is InChI=1S/C21H22N2O3S/c1-14-7-9-16-17(12-22)21(27-18(16)11-14)23-19(24)13-26-20(25)10-8-15-5-3-2-4-6-15/h2-6,14H,7-11,13H2,1H3,(H,23,24)/t14-/m0/s1. The third-order valence-electron chi connectivity index (χ3n) is 4.70. The Balaban J connectivity index is 1.51. The second kappa shape index (κ2) is 8.83. The summed E-state index contributed by atoms with van der Waals surface area (Å²) in [4.78, 5) is 25.2. The number of carbonyl (C=O) groups is 2. The number of nitriles is 1. The molecular formula is C21H22N2O3S. The fourth-order valence-corrected chi connectivity index (χ4v) is 4.61. The lowest BCUT2D eigenvalue weighted by atomic mass is 9.89. The third kappa shape index (κ3) is 4.95. The highest BCUT2D eigenvalue weighted by Crippen LogP contribution is 2.39. The molecule has 0 unspecified atom stereocenters. The summed E-state index contributed by atoms with van der Waals surface area (Å²) in [5.41, 5.74) is 2.68. The molecule has 0 radical (unpaired) electrons. The molecule has 1 aliphatic carbocycles. The van der Waals surface area contributed by atoms with Crippen LogP contribution in [0.5, 0.6) is 0 Å². The average Bonchev–Trinajstić information content (AvgIpc) is 3.01. The largest absolute Gasteiger partial charge is 0.456 e. The van der Waals surface area contributed by atoms with Crippen LogP contribution in [-0.4, -0.2) is 18.5 Å².